The van der Waals surface area contributed by atoms with Gasteiger partial charge in [-0.1, -0.05) is 125 Å². The number of likely N-dealkylation sites (N-methyl/N-ethyl adjacent to an activating group) is 1. The Morgan fingerprint density at radius 3 is 1.65 bits per heavy atom. The van der Waals surface area contributed by atoms with E-state index in [1.807, 2.05) is 87.1 Å². The second-order valence-corrected chi connectivity index (χ2v) is 18.2. The van der Waals surface area contributed by atoms with Gasteiger partial charge in [0.1, 0.15) is 25.7 Å². The number of nitrogens with one attached hydrogen (secondary N) is 5. The Morgan fingerprint density at radius 2 is 1.29 bits per heavy atom. The first-order valence-electron chi connectivity index (χ1n) is 23.5. The third-order valence-corrected chi connectivity index (χ3v) is 10.2. The average molecular weight is 936 g/mol. The molecule has 0 bridgehead atoms. The molecule has 4 unspecified atom stereocenters. The van der Waals surface area contributed by atoms with Crippen LogP contribution in [0.3, 0.4) is 0 Å². The molecule has 15 nitrogen and oxygen atoms in total. The van der Waals surface area contributed by atoms with Gasteiger partial charge in [-0.25, -0.2) is 9.59 Å². The van der Waals surface area contributed by atoms with Crippen molar-refractivity contribution in [2.24, 2.45) is 16.7 Å². The zero-order valence-electron chi connectivity index (χ0n) is 44.9. The number of allylic oxidation sites excluding steroid dienone is 3. The van der Waals surface area contributed by atoms with Crippen molar-refractivity contribution in [1.82, 2.24) is 36.4 Å². The summed E-state index contributed by atoms with van der Waals surface area (Å²) in [5.41, 5.74) is 2.57. The van der Waals surface area contributed by atoms with Crippen molar-refractivity contribution < 1.29 is 38.3 Å². The maximum absolute atomic E-state index is 14.1. The zero-order valence-corrected chi connectivity index (χ0v) is 44.9. The third kappa shape index (κ3) is 30.4. The average Bonchev–Trinajstić information content (AvgIpc) is 3.68. The predicted molar refractivity (Wildman–Crippen MR) is 274 cm³/mol. The maximum Gasteiger partial charge on any atom is 0.407 e. The summed E-state index contributed by atoms with van der Waals surface area (Å²) in [5, 5.41) is 14.2. The monoisotopic (exact) mass is 936 g/mol. The number of hydrogen-bond acceptors (Lipinski definition) is 10. The highest BCUT2D eigenvalue weighted by molar-refractivity contribution is 6.38. The lowest BCUT2D eigenvalue weighted by atomic mass is 9.80. The normalized spacial score (nSPS) is 16.0. The van der Waals surface area contributed by atoms with Gasteiger partial charge in [0.15, 0.2) is 0 Å². The summed E-state index contributed by atoms with van der Waals surface area (Å²) in [4.78, 5) is 85.6. The number of amides is 5. The number of rotatable bonds is 17. The van der Waals surface area contributed by atoms with Gasteiger partial charge in [-0.3, -0.25) is 14.4 Å². The van der Waals surface area contributed by atoms with Crippen LogP contribution in [0.2, 0.25) is 0 Å². The Bertz CT molecular complexity index is 1430. The number of likely N-dealkylation sites (tertiary alicyclic amines) is 1. The van der Waals surface area contributed by atoms with Gasteiger partial charge in [-0.15, -0.1) is 13.2 Å². The summed E-state index contributed by atoms with van der Waals surface area (Å²) in [6.07, 6.45) is 6.54. The van der Waals surface area contributed by atoms with Crippen molar-refractivity contribution in [2.45, 2.75) is 180 Å². The van der Waals surface area contributed by atoms with Crippen molar-refractivity contribution in [3.8, 4) is 0 Å². The molecule has 5 amide bonds. The lowest BCUT2D eigenvalue weighted by Crippen LogP contribution is -2.58. The van der Waals surface area contributed by atoms with Crippen molar-refractivity contribution >= 4 is 43.3 Å². The Hall–Kier alpha value is -4.79. The summed E-state index contributed by atoms with van der Waals surface area (Å²) in [6.45, 7) is 49.1. The van der Waals surface area contributed by atoms with Crippen LogP contribution < -0.4 is 26.6 Å². The minimum Gasteiger partial charge on any atom is -0.444 e. The predicted octanol–water partition coefficient (Wildman–Crippen LogP) is 8.55. The quantitative estimate of drug-likeness (QED) is 0.0697. The summed E-state index contributed by atoms with van der Waals surface area (Å²) >= 11 is 0. The van der Waals surface area contributed by atoms with Crippen molar-refractivity contribution in [3.63, 3.8) is 0 Å². The standard InChI is InChI=1S/C35H61N7O6.C6H12.C4H8.2C2H6.2CH2O/c1-12-17-37-31(45)28(43)25(18-23-15-14-16-23)38-30(44)26-19-24(48-33(47)36-13-2)20-42(26)22(3)29(35(7,8)9)40-32(46)39-27(21-41(10)11)34(4,5)6;1-5(2)6(3)4;1-3-4-2;4*1-2/h12,23-27,29H,1,3,13-21H2,2,4-11H3,(H,36,47)(H,37,45)(H,38,44)(H2,39,40,46);1-4H3;3H,1,4H2,2H3;2*1-2H3;2*1H2/t24-,25?,26?,27?,29?;;;;;;/m1....../s1. The minimum atomic E-state index is -1.01. The number of alkyl carbamates (subject to hydrolysis) is 1. The van der Waals surface area contributed by atoms with E-state index < -0.39 is 53.3 Å². The van der Waals surface area contributed by atoms with Crippen molar-refractivity contribution in [1.29, 1.82) is 0 Å². The molecule has 2 rings (SSSR count). The Balaban J connectivity index is -0.000000593. The third-order valence-electron chi connectivity index (χ3n) is 10.2. The van der Waals surface area contributed by atoms with E-state index in [0.29, 0.717) is 25.2 Å². The van der Waals surface area contributed by atoms with Gasteiger partial charge in [0.2, 0.25) is 11.7 Å². The summed E-state index contributed by atoms with van der Waals surface area (Å²) < 4.78 is 5.65. The van der Waals surface area contributed by atoms with Gasteiger partial charge >= 0.3 is 12.1 Å². The molecule has 0 radical (unpaired) electrons. The second kappa shape index (κ2) is 39.4. The van der Waals surface area contributed by atoms with Crippen molar-refractivity contribution in [2.75, 3.05) is 40.3 Å². The molecule has 384 valence electrons. The van der Waals surface area contributed by atoms with E-state index in [2.05, 4.69) is 102 Å². The smallest absolute Gasteiger partial charge is 0.407 e. The highest BCUT2D eigenvalue weighted by atomic mass is 16.6. The van der Waals surface area contributed by atoms with Crippen LogP contribution in [0.25, 0.3) is 0 Å². The fourth-order valence-electron chi connectivity index (χ4n) is 5.96. The number of ether oxygens (including phenoxy) is 1. The molecule has 15 heteroatoms. The first kappa shape index (κ1) is 70.2. The molecule has 1 aliphatic heterocycles. The second-order valence-electron chi connectivity index (χ2n) is 18.2. The van der Waals surface area contributed by atoms with Gasteiger partial charge < -0.3 is 50.7 Å². The van der Waals surface area contributed by atoms with E-state index in [1.165, 1.54) is 17.2 Å². The van der Waals surface area contributed by atoms with E-state index >= 15 is 0 Å². The zero-order chi connectivity index (χ0) is 53.0. The molecule has 0 aromatic heterocycles. The first-order valence-corrected chi connectivity index (χ1v) is 23.5. The van der Waals surface area contributed by atoms with E-state index in [4.69, 9.17) is 14.3 Å². The van der Waals surface area contributed by atoms with Crippen LogP contribution in [-0.4, -0.2) is 124 Å². The van der Waals surface area contributed by atoms with Crippen LogP contribution in [0, 0.1) is 16.7 Å². The maximum atomic E-state index is 14.1. The molecule has 5 atom stereocenters. The minimum absolute atomic E-state index is 0.129. The van der Waals surface area contributed by atoms with E-state index in [1.54, 1.807) is 11.8 Å². The molecule has 66 heavy (non-hydrogen) atoms. The number of urea groups is 1. The topological polar surface area (TPSA) is 195 Å². The van der Waals surface area contributed by atoms with Gasteiger partial charge in [-0.2, -0.15) is 0 Å². The number of hydrogen-bond donors (Lipinski definition) is 5. The van der Waals surface area contributed by atoms with E-state index in [-0.39, 0.29) is 42.9 Å². The number of carbonyl (C=O) groups is 7. The fraction of sp³-hybridized carbons (Fsp3) is 0.706. The Kier molecular flexibility index (Phi) is 41.9. The number of ketones is 1. The van der Waals surface area contributed by atoms with Gasteiger partial charge in [0.25, 0.3) is 5.91 Å². The molecule has 1 heterocycles. The molecule has 0 aromatic carbocycles. The molecule has 1 saturated heterocycles. The lowest BCUT2D eigenvalue weighted by molar-refractivity contribution is -0.140. The summed E-state index contributed by atoms with van der Waals surface area (Å²) in [5.74, 6) is -1.75. The molecule has 2 fully saturated rings. The largest absolute Gasteiger partial charge is 0.444 e. The van der Waals surface area contributed by atoms with Crippen LogP contribution in [0.15, 0.2) is 48.7 Å². The van der Waals surface area contributed by atoms with E-state index in [9.17, 15) is 24.0 Å². The van der Waals surface area contributed by atoms with Crippen LogP contribution in [0.5, 0.6) is 0 Å². The summed E-state index contributed by atoms with van der Waals surface area (Å²) in [7, 11) is 3.90. The molecule has 5 N–H and O–H groups in total. The number of carbonyl (C=O) groups excluding carboxylic acids is 7. The molecular weight excluding hydrogens is 839 g/mol. The Morgan fingerprint density at radius 1 is 0.788 bits per heavy atom. The molecule has 2 aliphatic rings. The number of Topliss-reactive ketones (excluding diaryl/α,β-unsaturated/α-hetero) is 1. The molecule has 1 aliphatic carbocycles. The van der Waals surface area contributed by atoms with Crippen molar-refractivity contribution in [3.05, 3.63) is 48.7 Å². The first-order chi connectivity index (χ1) is 30.8. The molecular formula is C51H97N7O8. The van der Waals surface area contributed by atoms with Crippen LogP contribution in [-0.2, 0) is 28.7 Å². The van der Waals surface area contributed by atoms with Crippen LogP contribution in [0.1, 0.15) is 149 Å². The lowest BCUT2D eigenvalue weighted by Gasteiger charge is -2.40. The molecule has 0 spiro atoms. The summed E-state index contributed by atoms with van der Waals surface area (Å²) in [6, 6.07) is -3.04. The molecule has 1 saturated carbocycles. The van der Waals surface area contributed by atoms with Gasteiger partial charge in [0, 0.05) is 37.8 Å². The van der Waals surface area contributed by atoms with Crippen LogP contribution in [0.4, 0.5) is 9.59 Å². The highest BCUT2D eigenvalue weighted by Gasteiger charge is 2.44. The Labute approximate surface area is 402 Å². The van der Waals surface area contributed by atoms with Gasteiger partial charge in [-0.05, 0) is 78.3 Å². The van der Waals surface area contributed by atoms with Crippen LogP contribution >= 0.6 is 0 Å². The highest BCUT2D eigenvalue weighted by Crippen LogP contribution is 2.34. The fourth-order valence-corrected chi connectivity index (χ4v) is 5.96. The molecule has 0 aromatic rings. The SMILES string of the molecule is C=CCC.C=CCNC(=O)C(=O)C(CC1CCC1)NC(=O)C1C[C@@H](OC(=O)NCC)CN1C(=C)C(NC(=O)NC(CN(C)C)C(C)(C)C)C(C)(C)C.C=O.C=O.CC.CC.CC(C)=C(C)C. The van der Waals surface area contributed by atoms with Gasteiger partial charge in [0.05, 0.1) is 18.6 Å². The van der Waals surface area contributed by atoms with E-state index in [0.717, 1.165) is 25.7 Å². The number of nitrogens with zero attached hydrogens (tertiary/aromatic N) is 2.